The van der Waals surface area contributed by atoms with E-state index in [1.807, 2.05) is 0 Å². The molecule has 144 heavy (non-hydrogen) atoms. The minimum atomic E-state index is -1.09. The maximum atomic E-state index is 14.0. The van der Waals surface area contributed by atoms with Crippen LogP contribution >= 0.6 is 0 Å². The second-order valence-electron chi connectivity index (χ2n) is 31.3. The van der Waals surface area contributed by atoms with Crippen molar-refractivity contribution in [3.05, 3.63) is 313 Å². The fourth-order valence-electron chi connectivity index (χ4n) is 15.1. The van der Waals surface area contributed by atoms with Crippen molar-refractivity contribution in [3.8, 4) is 57.5 Å². The van der Waals surface area contributed by atoms with Crippen molar-refractivity contribution in [2.75, 3.05) is 84.2 Å². The smallest absolute Gasteiger partial charge is 0.341 e. The molecule has 0 radical (unpaired) electrons. The number of ether oxygens (including phenoxy) is 11. The lowest BCUT2D eigenvalue weighted by atomic mass is 10.1. The Morgan fingerprint density at radius 2 is 0.681 bits per heavy atom. The number of aromatic carboxylic acids is 1. The number of carboxylic acid groups (broad SMARTS) is 1. The molecule has 33 nitrogen and oxygen atoms in total. The number of aromatic amines is 5. The van der Waals surface area contributed by atoms with Crippen LogP contribution in [0.25, 0.3) is 115 Å². The summed E-state index contributed by atoms with van der Waals surface area (Å²) >= 11 is 0. The average molecular weight is 1960 g/mol. The van der Waals surface area contributed by atoms with Gasteiger partial charge in [-0.1, -0.05) is 60.7 Å². The molecule has 738 valence electrons. The quantitative estimate of drug-likeness (QED) is 0.0140. The van der Waals surface area contributed by atoms with Gasteiger partial charge in [0.25, 0.3) is 17.7 Å². The molecule has 0 unspecified atom stereocenters. The number of carbonyl (C=O) groups is 5. The number of nitrogens with zero attached hydrogens (tertiary/aromatic N) is 7. The zero-order valence-electron chi connectivity index (χ0n) is 79.4. The highest BCUT2D eigenvalue weighted by atomic mass is 19.1. The summed E-state index contributed by atoms with van der Waals surface area (Å²) in [7, 11) is 14.5. The molecule has 17 aromatic rings. The molecule has 9 N–H and O–H groups in total. The maximum Gasteiger partial charge on any atom is 0.341 e. The van der Waals surface area contributed by atoms with Gasteiger partial charge in [-0.3, -0.25) is 49.8 Å². The van der Waals surface area contributed by atoms with E-state index in [9.17, 15) is 51.0 Å². The first-order valence-electron chi connectivity index (χ1n) is 44.3. The molecule has 1 fully saturated rings. The molecule has 0 aliphatic heterocycles. The number of fused-ring (bicyclic) bond motifs is 5. The van der Waals surface area contributed by atoms with E-state index in [4.69, 9.17) is 56.5 Å². The van der Waals surface area contributed by atoms with Gasteiger partial charge in [0.2, 0.25) is 0 Å². The van der Waals surface area contributed by atoms with Crippen LogP contribution in [0.3, 0.4) is 0 Å². The molecular weight excluding hydrogens is 1870 g/mol. The SMILES string of the molecule is CCOC(=O)c1ccc2n[nH]c(/C=C/c3ccc(OC)c(F)c3)c2c1OC.COc1ccc(/C=C/c2[nH]nc3ccc(C(=O)NCC4CC4)c(OC)c23)cc1F.COc1ccc(/C=C/c2[nH]nc3ccc(C(=O)NCc4ccco4)c(OC)c23)cc1F.COc1ccc(/C=C/c2[nH]nc3ccc(C(=O)NCc4cnccn4)c(OC)c23)cc1F.COc1ccc(/C=C/c2[nH]nc3ccc(C(=O)O)c(OC)c23)cc1F. The Bertz CT molecular complexity index is 7680. The summed E-state index contributed by atoms with van der Waals surface area (Å²) in [5.41, 5.74) is 11.7. The number of methoxy groups -OCH3 is 10. The van der Waals surface area contributed by atoms with Gasteiger partial charge in [0.05, 0.1) is 209 Å². The second-order valence-corrected chi connectivity index (χ2v) is 31.3. The average Bonchev–Trinajstić information content (AvgIpc) is 1.63. The summed E-state index contributed by atoms with van der Waals surface area (Å²) in [6.07, 6.45) is 25.9. The van der Waals surface area contributed by atoms with E-state index in [2.05, 4.69) is 76.9 Å². The number of carbonyl (C=O) groups excluding carboxylic acids is 4. The number of benzene rings is 10. The van der Waals surface area contributed by atoms with E-state index < -0.39 is 41.0 Å². The summed E-state index contributed by atoms with van der Waals surface area (Å²) in [6.45, 7) is 3.18. The fraction of sp³-hybridized carbons (Fsp3) is 0.170. The van der Waals surface area contributed by atoms with E-state index >= 15 is 0 Å². The number of carboxylic acids is 1. The second kappa shape index (κ2) is 47.8. The first-order chi connectivity index (χ1) is 69.9. The van der Waals surface area contributed by atoms with Crippen LogP contribution in [-0.4, -0.2) is 180 Å². The highest BCUT2D eigenvalue weighted by Gasteiger charge is 2.28. The largest absolute Gasteiger partial charge is 0.495 e. The number of hydrogen-bond donors (Lipinski definition) is 9. The summed E-state index contributed by atoms with van der Waals surface area (Å²) in [6, 6.07) is 43.5. The first kappa shape index (κ1) is 102. The van der Waals surface area contributed by atoms with Crippen molar-refractivity contribution in [2.45, 2.75) is 32.9 Å². The maximum absolute atomic E-state index is 14.0. The molecule has 38 heteroatoms. The number of furan rings is 1. The van der Waals surface area contributed by atoms with Crippen LogP contribution in [0.5, 0.6) is 57.5 Å². The monoisotopic (exact) mass is 1960 g/mol. The molecule has 1 aliphatic rings. The number of rotatable bonds is 32. The summed E-state index contributed by atoms with van der Waals surface area (Å²) in [5, 5.41) is 56.9. The van der Waals surface area contributed by atoms with Gasteiger partial charge in [-0.2, -0.15) is 25.5 Å². The van der Waals surface area contributed by atoms with Gasteiger partial charge in [-0.25, -0.2) is 31.5 Å². The Labute approximate surface area is 819 Å². The van der Waals surface area contributed by atoms with Crippen LogP contribution in [0, 0.1) is 35.0 Å². The number of esters is 1. The standard InChI is InChI=1S/C23H20FN5O3.C23H20FN3O4.C22H22FN3O3.C20H19FN2O4.C18H15FN2O4/c1-31-20-8-4-14(11-17(20)24)3-6-18-21-19(29-28-18)7-5-16(22(21)32-2)23(30)27-13-15-12-25-9-10-26-15;1-29-20-10-6-14(12-17(20)24)5-8-18-21-19(27-26-18)9-7-16(22(21)30-2)23(28)25-13-15-4-3-11-31-15;1-28-19-10-6-13(11-16(19)23)5-8-17-20-18(26-25-17)9-7-15(21(20)29-2)22(27)24-12-14-3-4-14;1-4-27-20(24)13-7-9-16-18(19(13)26-3)15(22-23-16)8-5-12-6-10-17(25-2)14(21)11-12;1-24-15-8-4-10(9-12(15)19)3-6-13-16-14(21-20-13)7-5-11(18(22)23)17(16)25-2/h3-12H,13H2,1-2H3,(H,27,30)(H,28,29);3-12H,13H2,1-2H3,(H,25,28)(H,26,27);5-11,14H,3-4,12H2,1-2H3,(H,24,27)(H,25,26);5-11H,4H2,1-3H3,(H,22,23);3-9H,1-2H3,(H,20,21)(H,22,23)/b6-3+;3*8-5+;6-3+. The van der Waals surface area contributed by atoms with Gasteiger partial charge >= 0.3 is 11.9 Å². The number of halogens is 5. The van der Waals surface area contributed by atoms with Crippen LogP contribution in [0.1, 0.15) is 139 Å². The van der Waals surface area contributed by atoms with Crippen LogP contribution in [-0.2, 0) is 17.8 Å². The molecule has 0 spiro atoms. The molecular formula is C106H96F5N15O18. The van der Waals surface area contributed by atoms with Gasteiger partial charge in [0, 0.05) is 18.9 Å². The lowest BCUT2D eigenvalue weighted by molar-refractivity contribution is 0.0521. The predicted molar refractivity (Wildman–Crippen MR) is 534 cm³/mol. The van der Waals surface area contributed by atoms with E-state index in [-0.39, 0.29) is 77.5 Å². The Balaban J connectivity index is 0.000000143. The topological polar surface area (TPSA) is 426 Å². The molecule has 10 aromatic carbocycles. The van der Waals surface area contributed by atoms with Crippen molar-refractivity contribution in [1.82, 2.24) is 76.9 Å². The Hall–Kier alpha value is -18.4. The van der Waals surface area contributed by atoms with E-state index in [1.54, 1.807) is 214 Å². The molecule has 0 bridgehead atoms. The number of H-pyrrole nitrogens is 5. The molecule has 0 saturated heterocycles. The van der Waals surface area contributed by atoms with Crippen molar-refractivity contribution in [3.63, 3.8) is 0 Å². The summed E-state index contributed by atoms with van der Waals surface area (Å²) < 4.78 is 132. The molecule has 1 saturated carbocycles. The van der Waals surface area contributed by atoms with Crippen LogP contribution in [0.15, 0.2) is 193 Å². The predicted octanol–water partition coefficient (Wildman–Crippen LogP) is 19.7. The van der Waals surface area contributed by atoms with Crippen molar-refractivity contribution in [2.24, 2.45) is 5.92 Å². The number of aromatic nitrogens is 12. The fourth-order valence-corrected chi connectivity index (χ4v) is 15.1. The van der Waals surface area contributed by atoms with Crippen molar-refractivity contribution >= 4 is 145 Å². The molecule has 3 amide bonds. The molecule has 7 heterocycles. The van der Waals surface area contributed by atoms with Gasteiger partial charge in [-0.05, 0) is 217 Å². The van der Waals surface area contributed by atoms with Gasteiger partial charge in [0.1, 0.15) is 45.6 Å². The number of hydrogen-bond acceptors (Lipinski definition) is 24. The minimum absolute atomic E-state index is 0.0431. The van der Waals surface area contributed by atoms with Crippen LogP contribution < -0.4 is 63.3 Å². The van der Waals surface area contributed by atoms with E-state index in [0.29, 0.717) is 180 Å². The Morgan fingerprint density at radius 1 is 0.375 bits per heavy atom. The lowest BCUT2D eigenvalue weighted by Gasteiger charge is -2.10. The highest BCUT2D eigenvalue weighted by molar-refractivity contribution is 6.09. The zero-order chi connectivity index (χ0) is 102. The molecule has 18 rings (SSSR count). The van der Waals surface area contributed by atoms with Crippen molar-refractivity contribution < 1.29 is 108 Å². The first-order valence-corrected chi connectivity index (χ1v) is 44.3. The molecule has 1 aliphatic carbocycles. The zero-order valence-corrected chi connectivity index (χ0v) is 79.4. The molecule has 0 atom stereocenters. The minimum Gasteiger partial charge on any atom is -0.495 e. The van der Waals surface area contributed by atoms with Crippen LogP contribution in [0.2, 0.25) is 0 Å². The molecule has 7 aromatic heterocycles. The number of nitrogens with one attached hydrogen (secondary N) is 8. The van der Waals surface area contributed by atoms with Gasteiger partial charge in [0.15, 0.2) is 57.8 Å². The normalized spacial score (nSPS) is 11.7. The third-order valence-corrected chi connectivity index (χ3v) is 22.4. The van der Waals surface area contributed by atoms with Crippen molar-refractivity contribution in [1.29, 1.82) is 0 Å². The van der Waals surface area contributed by atoms with E-state index in [0.717, 1.165) is 0 Å². The Morgan fingerprint density at radius 3 is 0.958 bits per heavy atom. The lowest BCUT2D eigenvalue weighted by Crippen LogP contribution is -2.26. The Kier molecular flexibility index (Phi) is 33.7. The summed E-state index contributed by atoms with van der Waals surface area (Å²) in [5.74, 6) is -0.640. The summed E-state index contributed by atoms with van der Waals surface area (Å²) in [4.78, 5) is 69.8. The third-order valence-electron chi connectivity index (χ3n) is 22.4. The van der Waals surface area contributed by atoms with Gasteiger partial charge < -0.3 is 77.6 Å². The third kappa shape index (κ3) is 24.1. The highest BCUT2D eigenvalue weighted by Crippen LogP contribution is 2.40. The van der Waals surface area contributed by atoms with Crippen LogP contribution in [0.4, 0.5) is 22.0 Å². The number of amides is 3. The van der Waals surface area contributed by atoms with E-state index in [1.165, 1.54) is 126 Å². The van der Waals surface area contributed by atoms with Gasteiger partial charge in [-0.15, -0.1) is 0 Å².